The van der Waals surface area contributed by atoms with Gasteiger partial charge in [0.1, 0.15) is 6.54 Å². The minimum atomic E-state index is -2.90. The van der Waals surface area contributed by atoms with Crippen molar-refractivity contribution >= 4 is 26.9 Å². The molecule has 1 aliphatic rings. The average Bonchev–Trinajstić information content (AvgIpc) is 2.64. The fraction of sp³-hybridized carbons (Fsp3) is 0.611. The Hall–Kier alpha value is -1.85. The summed E-state index contributed by atoms with van der Waals surface area (Å²) < 4.78 is 16.9. The van der Waals surface area contributed by atoms with Crippen molar-refractivity contribution in [2.45, 2.75) is 33.2 Å². The van der Waals surface area contributed by atoms with Gasteiger partial charge in [0.25, 0.3) is 0 Å². The van der Waals surface area contributed by atoms with Crippen LogP contribution in [0.4, 0.5) is 14.4 Å². The molecule has 0 aliphatic carbocycles. The average molecular weight is 415 g/mol. The zero-order chi connectivity index (χ0) is 21.2. The second-order valence-corrected chi connectivity index (χ2v) is 8.90. The third-order valence-corrected chi connectivity index (χ3v) is 7.46. The van der Waals surface area contributed by atoms with Gasteiger partial charge in [0.2, 0.25) is 0 Å². The lowest BCUT2D eigenvalue weighted by Gasteiger charge is -2.39. The Labute approximate surface area is 167 Å². The zero-order valence-corrected chi connectivity index (χ0v) is 18.1. The predicted octanol–water partition coefficient (Wildman–Crippen LogP) is 2.88. The predicted molar refractivity (Wildman–Crippen MR) is 106 cm³/mol. The number of nitrogens with zero attached hydrogens (tertiary/aromatic N) is 2. The van der Waals surface area contributed by atoms with Gasteiger partial charge in [-0.25, -0.2) is 24.6 Å². The summed E-state index contributed by atoms with van der Waals surface area (Å²) in [6, 6.07) is -1.54. The second kappa shape index (κ2) is 11.2. The normalized spacial score (nSPS) is 20.2. The Morgan fingerprint density at radius 1 is 1.04 bits per heavy atom. The second-order valence-electron chi connectivity index (χ2n) is 6.17. The monoisotopic (exact) mass is 414 g/mol. The van der Waals surface area contributed by atoms with E-state index in [2.05, 4.69) is 18.5 Å². The molecule has 10 heteroatoms. The summed E-state index contributed by atoms with van der Waals surface area (Å²) in [4.78, 5) is 38.7. The molecule has 0 aromatic heterocycles. The van der Waals surface area contributed by atoms with Crippen LogP contribution in [0.25, 0.3) is 0 Å². The fourth-order valence-electron chi connectivity index (χ4n) is 3.20. The third-order valence-electron chi connectivity index (χ3n) is 4.31. The fourth-order valence-corrected chi connectivity index (χ4v) is 5.79. The van der Waals surface area contributed by atoms with Crippen LogP contribution in [0.3, 0.4) is 0 Å². The highest BCUT2D eigenvalue weighted by molar-refractivity contribution is 6.60. The van der Waals surface area contributed by atoms with Crippen LogP contribution in [0.2, 0.25) is 6.04 Å². The number of nitrogens with one attached hydrogen (secondary N) is 1. The molecule has 1 unspecified atom stereocenters. The molecule has 1 aliphatic heterocycles. The lowest BCUT2D eigenvalue weighted by molar-refractivity contribution is -0.767. The molecule has 0 spiro atoms. The summed E-state index contributed by atoms with van der Waals surface area (Å²) in [5.41, 5.74) is 0. The van der Waals surface area contributed by atoms with E-state index in [0.29, 0.717) is 32.3 Å². The van der Waals surface area contributed by atoms with Crippen LogP contribution in [0.1, 0.15) is 27.2 Å². The number of quaternary nitrogens is 1. The van der Waals surface area contributed by atoms with Crippen LogP contribution in [0.15, 0.2) is 25.3 Å². The highest BCUT2D eigenvalue weighted by Gasteiger charge is 2.54. The summed E-state index contributed by atoms with van der Waals surface area (Å²) in [5.74, 6) is 0. The summed E-state index contributed by atoms with van der Waals surface area (Å²) in [6.07, 6.45) is 3.38. The Kier molecular flexibility index (Phi) is 9.69. The molecular formula is C18H32N3O6Si+. The van der Waals surface area contributed by atoms with Gasteiger partial charge in [-0.2, -0.15) is 4.48 Å². The van der Waals surface area contributed by atoms with Crippen LogP contribution < -0.4 is 5.32 Å². The van der Waals surface area contributed by atoms with Gasteiger partial charge in [-0.1, -0.05) is 12.7 Å². The number of hydrogen-bond acceptors (Lipinski definition) is 6. The number of carbonyl (C=O) groups excluding carboxylic acids is 3. The van der Waals surface area contributed by atoms with E-state index in [-0.39, 0.29) is 19.6 Å². The SMILES string of the molecule is C=CCN1C(=O)NC(=O)[N+](CC=C)(CCC[Si](OCC)(OCC)OCC)C1=O. The lowest BCUT2D eigenvalue weighted by Crippen LogP contribution is -2.72. The smallest absolute Gasteiger partial charge is 0.374 e. The molecule has 0 aromatic carbocycles. The highest BCUT2D eigenvalue weighted by Crippen LogP contribution is 2.24. The van der Waals surface area contributed by atoms with Gasteiger partial charge in [-0.05, 0) is 26.8 Å². The minimum absolute atomic E-state index is 0.0185. The van der Waals surface area contributed by atoms with Crippen LogP contribution in [0.5, 0.6) is 0 Å². The van der Waals surface area contributed by atoms with Crippen LogP contribution >= 0.6 is 0 Å². The molecule has 0 aromatic rings. The van der Waals surface area contributed by atoms with E-state index < -0.39 is 31.4 Å². The summed E-state index contributed by atoms with van der Waals surface area (Å²) in [7, 11) is -2.90. The van der Waals surface area contributed by atoms with Crippen molar-refractivity contribution in [2.75, 3.05) is 39.5 Å². The van der Waals surface area contributed by atoms with Crippen LogP contribution in [-0.4, -0.2) is 75.7 Å². The molecule has 9 nitrogen and oxygen atoms in total. The summed E-state index contributed by atoms with van der Waals surface area (Å²) in [5, 5.41) is 2.26. The Balaban J connectivity index is 3.05. The highest BCUT2D eigenvalue weighted by atomic mass is 28.4. The number of amides is 6. The van der Waals surface area contributed by atoms with Crippen molar-refractivity contribution < 1.29 is 32.1 Å². The summed E-state index contributed by atoms with van der Waals surface area (Å²) in [6.45, 7) is 14.4. The standard InChI is InChI=1S/C18H31N3O6Si/c1-6-12-20-16(22)19-17(23)21(13-7-2,18(20)24)14-11-15-28(25-8-3,26-9-4)27-10-5/h6-7H,1-2,8-15H2,3-5H3/p+1. The van der Waals surface area contributed by atoms with Crippen molar-refractivity contribution in [2.24, 2.45) is 0 Å². The molecule has 0 radical (unpaired) electrons. The van der Waals surface area contributed by atoms with Crippen LogP contribution in [0, 0.1) is 0 Å². The molecule has 1 N–H and O–H groups in total. The van der Waals surface area contributed by atoms with Crippen molar-refractivity contribution in [1.82, 2.24) is 10.2 Å². The van der Waals surface area contributed by atoms with Gasteiger partial charge >= 0.3 is 26.9 Å². The van der Waals surface area contributed by atoms with Crippen LogP contribution in [-0.2, 0) is 13.3 Å². The molecule has 158 valence electrons. The first-order valence-corrected chi connectivity index (χ1v) is 11.5. The first-order valence-electron chi connectivity index (χ1n) is 9.54. The van der Waals surface area contributed by atoms with E-state index >= 15 is 0 Å². The maximum atomic E-state index is 13.0. The number of rotatable bonds is 14. The largest absolute Gasteiger partial charge is 0.501 e. The number of urea groups is 3. The summed E-state index contributed by atoms with van der Waals surface area (Å²) >= 11 is 0. The molecule has 0 bridgehead atoms. The Morgan fingerprint density at radius 3 is 2.07 bits per heavy atom. The van der Waals surface area contributed by atoms with Gasteiger partial charge in [0.05, 0.1) is 13.1 Å². The first-order chi connectivity index (χ1) is 13.4. The molecule has 1 heterocycles. The third kappa shape index (κ3) is 5.36. The van der Waals surface area contributed by atoms with Crippen molar-refractivity contribution in [3.8, 4) is 0 Å². The topological polar surface area (TPSA) is 94.2 Å². The van der Waals surface area contributed by atoms with Gasteiger partial charge in [0, 0.05) is 32.3 Å². The van der Waals surface area contributed by atoms with Gasteiger partial charge in [-0.3, -0.25) is 0 Å². The van der Waals surface area contributed by atoms with Crippen molar-refractivity contribution in [3.63, 3.8) is 0 Å². The minimum Gasteiger partial charge on any atom is -0.374 e. The number of imide groups is 3. The molecule has 28 heavy (non-hydrogen) atoms. The van der Waals surface area contributed by atoms with E-state index in [4.69, 9.17) is 13.3 Å². The van der Waals surface area contributed by atoms with Gasteiger partial charge in [-0.15, -0.1) is 6.58 Å². The first kappa shape index (κ1) is 24.2. The van der Waals surface area contributed by atoms with E-state index in [9.17, 15) is 14.4 Å². The molecule has 1 atom stereocenters. The van der Waals surface area contributed by atoms with Gasteiger partial charge < -0.3 is 13.3 Å². The zero-order valence-electron chi connectivity index (χ0n) is 17.1. The van der Waals surface area contributed by atoms with E-state index in [1.165, 1.54) is 12.2 Å². The molecule has 6 amide bonds. The maximum absolute atomic E-state index is 13.0. The van der Waals surface area contributed by atoms with Crippen molar-refractivity contribution in [3.05, 3.63) is 25.3 Å². The molecule has 1 fully saturated rings. The molecule has 1 saturated heterocycles. The molecule has 1 rings (SSSR count). The van der Waals surface area contributed by atoms with Crippen molar-refractivity contribution in [1.29, 1.82) is 0 Å². The van der Waals surface area contributed by atoms with Gasteiger partial charge in [0.15, 0.2) is 0 Å². The lowest BCUT2D eigenvalue weighted by atomic mass is 10.3. The maximum Gasteiger partial charge on any atom is 0.501 e. The van der Waals surface area contributed by atoms with E-state index in [1.54, 1.807) is 0 Å². The molecular weight excluding hydrogens is 382 g/mol. The van der Waals surface area contributed by atoms with E-state index in [0.717, 1.165) is 4.90 Å². The quantitative estimate of drug-likeness (QED) is 0.267. The number of carbonyl (C=O) groups is 3. The Morgan fingerprint density at radius 2 is 1.61 bits per heavy atom. The molecule has 0 saturated carbocycles. The number of hydrogen-bond donors (Lipinski definition) is 1. The Bertz CT molecular complexity index is 583. The van der Waals surface area contributed by atoms with E-state index in [1.807, 2.05) is 20.8 Å².